The maximum Gasteiger partial charge on any atom is 0.253 e. The molecule has 0 spiro atoms. The van der Waals surface area contributed by atoms with Gasteiger partial charge in [0.1, 0.15) is 5.01 Å². The lowest BCUT2D eigenvalue weighted by atomic mass is 10.0. The molecule has 0 bridgehead atoms. The number of nitrogens with zero attached hydrogens (tertiary/aromatic N) is 1. The van der Waals surface area contributed by atoms with Crippen molar-refractivity contribution in [3.8, 4) is 0 Å². The van der Waals surface area contributed by atoms with Crippen molar-refractivity contribution < 1.29 is 4.79 Å². The number of hydrogen-bond acceptors (Lipinski definition) is 3. The molecule has 2 rings (SSSR count). The number of carbonyl (C=O) groups excluding carboxylic acids is 1. The lowest BCUT2D eigenvalue weighted by Gasteiger charge is -2.24. The molecule has 2 aromatic heterocycles. The molecule has 108 valence electrons. The summed E-state index contributed by atoms with van der Waals surface area (Å²) in [7, 11) is 0. The van der Waals surface area contributed by atoms with E-state index in [2.05, 4.69) is 29.1 Å². The molecule has 20 heavy (non-hydrogen) atoms. The first kappa shape index (κ1) is 14.8. The molecule has 0 aromatic carbocycles. The van der Waals surface area contributed by atoms with Crippen LogP contribution in [0.15, 0.2) is 18.5 Å². The number of aromatic amines is 1. The molecule has 0 unspecified atom stereocenters. The summed E-state index contributed by atoms with van der Waals surface area (Å²) in [6.45, 7) is 10.1. The van der Waals surface area contributed by atoms with Crippen LogP contribution >= 0.6 is 11.3 Å². The van der Waals surface area contributed by atoms with E-state index in [-0.39, 0.29) is 11.8 Å². The van der Waals surface area contributed by atoms with Gasteiger partial charge in [0.15, 0.2) is 0 Å². The van der Waals surface area contributed by atoms with Crippen molar-refractivity contribution in [3.63, 3.8) is 0 Å². The third-order valence-electron chi connectivity index (χ3n) is 3.18. The van der Waals surface area contributed by atoms with Gasteiger partial charge in [0.25, 0.3) is 5.91 Å². The first-order valence-corrected chi connectivity index (χ1v) is 7.55. The van der Waals surface area contributed by atoms with Crippen LogP contribution in [-0.4, -0.2) is 15.9 Å². The molecule has 1 amide bonds. The van der Waals surface area contributed by atoms with Crippen molar-refractivity contribution in [1.29, 1.82) is 0 Å². The van der Waals surface area contributed by atoms with E-state index >= 15 is 0 Å². The first-order valence-electron chi connectivity index (χ1n) is 6.74. The van der Waals surface area contributed by atoms with Crippen molar-refractivity contribution in [2.75, 3.05) is 0 Å². The van der Waals surface area contributed by atoms with Crippen LogP contribution in [0.3, 0.4) is 0 Å². The molecule has 0 saturated carbocycles. The third kappa shape index (κ3) is 2.93. The molecule has 0 aliphatic rings. The van der Waals surface area contributed by atoms with E-state index in [1.165, 1.54) is 0 Å². The van der Waals surface area contributed by atoms with Gasteiger partial charge in [0, 0.05) is 23.0 Å². The molecule has 0 saturated heterocycles. The molecule has 5 heteroatoms. The highest BCUT2D eigenvalue weighted by atomic mass is 32.1. The van der Waals surface area contributed by atoms with Crippen molar-refractivity contribution >= 4 is 17.2 Å². The standard InChI is InChI=1S/C15H21N3OS/c1-9(2)12-11(6-7-16-12)13(19)18-15(4,5)14-17-8-10(3)20-14/h6-9,16H,1-5H3,(H,18,19). The van der Waals surface area contributed by atoms with E-state index in [4.69, 9.17) is 0 Å². The molecule has 2 heterocycles. The van der Waals surface area contributed by atoms with Crippen molar-refractivity contribution in [3.05, 3.63) is 39.6 Å². The normalized spacial score (nSPS) is 11.9. The predicted molar refractivity (Wildman–Crippen MR) is 82.2 cm³/mol. The second-order valence-electron chi connectivity index (χ2n) is 5.81. The second kappa shape index (κ2) is 5.40. The summed E-state index contributed by atoms with van der Waals surface area (Å²) in [5, 5.41) is 3.99. The lowest BCUT2D eigenvalue weighted by Crippen LogP contribution is -2.41. The largest absolute Gasteiger partial charge is 0.364 e. The number of thiazole rings is 1. The van der Waals surface area contributed by atoms with Crippen LogP contribution in [0.25, 0.3) is 0 Å². The molecule has 0 aliphatic heterocycles. The van der Waals surface area contributed by atoms with Gasteiger partial charge in [-0.1, -0.05) is 13.8 Å². The summed E-state index contributed by atoms with van der Waals surface area (Å²) < 4.78 is 0. The van der Waals surface area contributed by atoms with E-state index in [1.54, 1.807) is 11.3 Å². The van der Waals surface area contributed by atoms with Gasteiger partial charge in [-0.3, -0.25) is 4.79 Å². The Morgan fingerprint density at radius 3 is 2.70 bits per heavy atom. The summed E-state index contributed by atoms with van der Waals surface area (Å²) in [5.74, 6) is 0.226. The van der Waals surface area contributed by atoms with Gasteiger partial charge in [-0.2, -0.15) is 0 Å². The Morgan fingerprint density at radius 1 is 1.45 bits per heavy atom. The Morgan fingerprint density at radius 2 is 2.15 bits per heavy atom. The van der Waals surface area contributed by atoms with Crippen LogP contribution < -0.4 is 5.32 Å². The maximum atomic E-state index is 12.5. The molecule has 4 nitrogen and oxygen atoms in total. The summed E-state index contributed by atoms with van der Waals surface area (Å²) in [5.41, 5.74) is 1.21. The van der Waals surface area contributed by atoms with E-state index in [1.807, 2.05) is 39.2 Å². The van der Waals surface area contributed by atoms with Gasteiger partial charge in [0.2, 0.25) is 0 Å². The van der Waals surface area contributed by atoms with E-state index in [0.29, 0.717) is 5.56 Å². The molecule has 0 atom stereocenters. The van der Waals surface area contributed by atoms with Crippen molar-refractivity contribution in [2.45, 2.75) is 46.1 Å². The predicted octanol–water partition coefficient (Wildman–Crippen LogP) is 3.57. The van der Waals surface area contributed by atoms with Crippen LogP contribution in [0, 0.1) is 6.92 Å². The number of H-pyrrole nitrogens is 1. The molecular weight excluding hydrogens is 270 g/mol. The Balaban J connectivity index is 2.20. The highest BCUT2D eigenvalue weighted by Gasteiger charge is 2.28. The van der Waals surface area contributed by atoms with E-state index < -0.39 is 5.54 Å². The van der Waals surface area contributed by atoms with Crippen LogP contribution in [0.1, 0.15) is 59.5 Å². The minimum atomic E-state index is -0.471. The maximum absolute atomic E-state index is 12.5. The Bertz CT molecular complexity index is 610. The molecule has 2 aromatic rings. The van der Waals surface area contributed by atoms with Gasteiger partial charge in [-0.15, -0.1) is 11.3 Å². The lowest BCUT2D eigenvalue weighted by molar-refractivity contribution is 0.0910. The summed E-state index contributed by atoms with van der Waals surface area (Å²) in [6.07, 6.45) is 3.65. The zero-order chi connectivity index (χ0) is 14.9. The summed E-state index contributed by atoms with van der Waals surface area (Å²) >= 11 is 1.61. The molecular formula is C15H21N3OS. The first-order chi connectivity index (χ1) is 9.31. The van der Waals surface area contributed by atoms with Crippen LogP contribution in [-0.2, 0) is 5.54 Å². The summed E-state index contributed by atoms with van der Waals surface area (Å²) in [6, 6.07) is 1.83. The third-order valence-corrected chi connectivity index (χ3v) is 4.42. The SMILES string of the molecule is Cc1cnc(C(C)(C)NC(=O)c2cc[nH]c2C(C)C)s1. The van der Waals surface area contributed by atoms with Gasteiger partial charge >= 0.3 is 0 Å². The number of aryl methyl sites for hydroxylation is 1. The highest BCUT2D eigenvalue weighted by molar-refractivity contribution is 7.11. The topological polar surface area (TPSA) is 57.8 Å². The molecule has 2 N–H and O–H groups in total. The second-order valence-corrected chi connectivity index (χ2v) is 7.05. The number of nitrogens with one attached hydrogen (secondary N) is 2. The minimum absolute atomic E-state index is 0.0622. The molecule has 0 fully saturated rings. The summed E-state index contributed by atoms with van der Waals surface area (Å²) in [4.78, 5) is 21.1. The number of rotatable bonds is 4. The van der Waals surface area contributed by atoms with Gasteiger partial charge < -0.3 is 10.3 Å². The Labute approximate surface area is 123 Å². The average molecular weight is 291 g/mol. The van der Waals surface area contributed by atoms with Crippen molar-refractivity contribution in [1.82, 2.24) is 15.3 Å². The highest BCUT2D eigenvalue weighted by Crippen LogP contribution is 2.26. The number of hydrogen-bond donors (Lipinski definition) is 2. The number of carbonyl (C=O) groups is 1. The fourth-order valence-corrected chi connectivity index (χ4v) is 2.93. The van der Waals surface area contributed by atoms with Crippen LogP contribution in [0.2, 0.25) is 0 Å². The fraction of sp³-hybridized carbons (Fsp3) is 0.467. The number of aromatic nitrogens is 2. The van der Waals surface area contributed by atoms with Gasteiger partial charge in [-0.25, -0.2) is 4.98 Å². The monoisotopic (exact) mass is 291 g/mol. The van der Waals surface area contributed by atoms with E-state index in [9.17, 15) is 4.79 Å². The molecule has 0 aliphatic carbocycles. The minimum Gasteiger partial charge on any atom is -0.364 e. The van der Waals surface area contributed by atoms with Gasteiger partial charge in [0.05, 0.1) is 11.1 Å². The van der Waals surface area contributed by atoms with Crippen molar-refractivity contribution in [2.24, 2.45) is 0 Å². The quantitative estimate of drug-likeness (QED) is 0.904. The smallest absolute Gasteiger partial charge is 0.253 e. The van der Waals surface area contributed by atoms with Crippen LogP contribution in [0.4, 0.5) is 0 Å². The number of amides is 1. The Kier molecular flexibility index (Phi) is 3.99. The van der Waals surface area contributed by atoms with Gasteiger partial charge in [-0.05, 0) is 32.8 Å². The average Bonchev–Trinajstić information content (AvgIpc) is 2.96. The van der Waals surface area contributed by atoms with E-state index in [0.717, 1.165) is 15.6 Å². The fourth-order valence-electron chi connectivity index (χ4n) is 2.11. The molecule has 0 radical (unpaired) electrons. The zero-order valence-corrected chi connectivity index (χ0v) is 13.4. The zero-order valence-electron chi connectivity index (χ0n) is 12.6. The Hall–Kier alpha value is -1.62. The van der Waals surface area contributed by atoms with Crippen LogP contribution in [0.5, 0.6) is 0 Å².